The van der Waals surface area contributed by atoms with E-state index >= 15 is 0 Å². The third-order valence-corrected chi connectivity index (χ3v) is 17.1. The Bertz CT molecular complexity index is 913. The van der Waals surface area contributed by atoms with Crippen molar-refractivity contribution >= 4 is 22.9 Å². The molecular formula is C21H39N3O6Si2. The van der Waals surface area contributed by atoms with E-state index in [-0.39, 0.29) is 40.2 Å². The van der Waals surface area contributed by atoms with Crippen molar-refractivity contribution in [3.8, 4) is 0 Å². The van der Waals surface area contributed by atoms with Crippen LogP contribution >= 0.6 is 0 Å². The lowest BCUT2D eigenvalue weighted by atomic mass is 10.2. The molecule has 2 aliphatic rings. The number of nitrogens with two attached hydrogens (primary N) is 1. The van der Waals surface area contributed by atoms with Crippen molar-refractivity contribution in [1.82, 2.24) is 9.55 Å². The predicted molar refractivity (Wildman–Crippen MR) is 128 cm³/mol. The van der Waals surface area contributed by atoms with Gasteiger partial charge in [-0.25, -0.2) is 4.79 Å². The van der Waals surface area contributed by atoms with Gasteiger partial charge in [0.1, 0.15) is 18.1 Å². The number of ether oxygens (including phenoxy) is 1. The molecule has 0 spiro atoms. The van der Waals surface area contributed by atoms with Crippen molar-refractivity contribution in [3.05, 3.63) is 26.9 Å². The predicted octanol–water partition coefficient (Wildman–Crippen LogP) is 3.36. The van der Waals surface area contributed by atoms with Gasteiger partial charge in [-0.3, -0.25) is 14.3 Å². The zero-order chi connectivity index (χ0) is 24.0. The molecular weight excluding hydrogens is 446 g/mol. The van der Waals surface area contributed by atoms with Crippen LogP contribution in [0.4, 0.5) is 5.82 Å². The first-order valence-corrected chi connectivity index (χ1v) is 15.6. The Hall–Kier alpha value is -1.25. The maximum atomic E-state index is 12.5. The van der Waals surface area contributed by atoms with Crippen molar-refractivity contribution in [2.24, 2.45) is 0 Å². The molecule has 3 atom stereocenters. The summed E-state index contributed by atoms with van der Waals surface area (Å²) in [5.74, 6) is 0.0690. The molecule has 0 radical (unpaired) electrons. The maximum Gasteiger partial charge on any atom is 0.335 e. The number of fused-ring (bicyclic) bond motifs is 1. The van der Waals surface area contributed by atoms with E-state index in [4.69, 9.17) is 23.4 Å². The van der Waals surface area contributed by atoms with Crippen molar-refractivity contribution in [1.29, 1.82) is 0 Å². The van der Waals surface area contributed by atoms with Gasteiger partial charge in [0.05, 0.1) is 12.7 Å². The molecule has 3 rings (SSSR count). The van der Waals surface area contributed by atoms with Gasteiger partial charge in [0.25, 0.3) is 5.56 Å². The van der Waals surface area contributed by atoms with Gasteiger partial charge in [-0.05, 0) is 22.2 Å². The van der Waals surface area contributed by atoms with Crippen LogP contribution in [0.1, 0.15) is 68.0 Å². The van der Waals surface area contributed by atoms with E-state index in [0.717, 1.165) is 0 Å². The van der Waals surface area contributed by atoms with Gasteiger partial charge in [0.15, 0.2) is 0 Å². The quantitative estimate of drug-likeness (QED) is 0.614. The highest BCUT2D eigenvalue weighted by Gasteiger charge is 2.60. The van der Waals surface area contributed by atoms with Crippen molar-refractivity contribution in [2.45, 2.75) is 102 Å². The van der Waals surface area contributed by atoms with E-state index in [0.29, 0.717) is 13.0 Å². The summed E-state index contributed by atoms with van der Waals surface area (Å²) in [6.45, 7) is 17.7. The standard InChI is InChI=1S/C21H39N3O6Si2/c1-12(2)31(13(3)4)27-11-17-16(29-32(30-31,14(5)6)15(7)8)9-20(28-17)24-18(22)10-19(25)23-21(24)26/h10,12-17,20H,9,11,22H2,1-8H3,(H,23,25,26)/t16-,17+,20+/m0/s1. The highest BCUT2D eigenvalue weighted by Crippen LogP contribution is 2.48. The zero-order valence-electron chi connectivity index (χ0n) is 20.5. The normalized spacial score (nSPS) is 27.7. The first kappa shape index (κ1) is 25.4. The number of anilines is 1. The van der Waals surface area contributed by atoms with Crippen molar-refractivity contribution < 1.29 is 17.7 Å². The van der Waals surface area contributed by atoms with Crippen molar-refractivity contribution in [2.75, 3.05) is 12.3 Å². The van der Waals surface area contributed by atoms with Gasteiger partial charge in [0, 0.05) is 12.5 Å². The molecule has 1 aromatic heterocycles. The van der Waals surface area contributed by atoms with Crippen LogP contribution in [0.5, 0.6) is 0 Å². The second-order valence-corrected chi connectivity index (χ2v) is 19.1. The van der Waals surface area contributed by atoms with Gasteiger partial charge in [0.2, 0.25) is 0 Å². The monoisotopic (exact) mass is 485 g/mol. The topological polar surface area (TPSA) is 118 Å². The average molecular weight is 486 g/mol. The number of rotatable bonds is 5. The SMILES string of the molecule is CC(C)[Si]1(C(C)C)OC[C@H]2O[C@@H](n3c(N)cc(=O)[nH]c3=O)C[C@@H]2O[Si](C(C)C)(C(C)C)O1. The summed E-state index contributed by atoms with van der Waals surface area (Å²) >= 11 is 0. The molecule has 0 amide bonds. The van der Waals surface area contributed by atoms with Crippen LogP contribution in [0.25, 0.3) is 0 Å². The number of nitrogens with one attached hydrogen (secondary N) is 1. The Balaban J connectivity index is 2.05. The van der Waals surface area contributed by atoms with Crippen LogP contribution < -0.4 is 17.0 Å². The van der Waals surface area contributed by atoms with Crippen LogP contribution in [-0.2, 0) is 17.7 Å². The highest BCUT2D eigenvalue weighted by molar-refractivity contribution is 6.83. The van der Waals surface area contributed by atoms with Crippen molar-refractivity contribution in [3.63, 3.8) is 0 Å². The van der Waals surface area contributed by atoms with Crippen LogP contribution in [-0.4, -0.2) is 45.5 Å². The summed E-state index contributed by atoms with van der Waals surface area (Å²) < 4.78 is 28.4. The second-order valence-electron chi connectivity index (χ2n) is 10.2. The highest BCUT2D eigenvalue weighted by atomic mass is 28.5. The lowest BCUT2D eigenvalue weighted by Crippen LogP contribution is -2.65. The lowest BCUT2D eigenvalue weighted by molar-refractivity contribution is -0.0559. The molecule has 11 heteroatoms. The van der Waals surface area contributed by atoms with E-state index in [2.05, 4.69) is 60.4 Å². The minimum absolute atomic E-state index is 0.0690. The summed E-state index contributed by atoms with van der Waals surface area (Å²) in [6, 6.07) is 1.20. The first-order chi connectivity index (χ1) is 14.8. The van der Waals surface area contributed by atoms with Gasteiger partial charge in [-0.1, -0.05) is 55.4 Å². The molecule has 32 heavy (non-hydrogen) atoms. The Morgan fingerprint density at radius 1 is 0.969 bits per heavy atom. The maximum absolute atomic E-state index is 12.5. The lowest BCUT2D eigenvalue weighted by Gasteiger charge is -2.51. The molecule has 3 heterocycles. The first-order valence-electron chi connectivity index (χ1n) is 11.6. The Kier molecular flexibility index (Phi) is 7.28. The minimum atomic E-state index is -2.75. The summed E-state index contributed by atoms with van der Waals surface area (Å²) in [5.41, 5.74) is 5.77. The van der Waals surface area contributed by atoms with E-state index in [1.807, 2.05) is 0 Å². The molecule has 1 aromatic rings. The number of H-pyrrole nitrogens is 1. The molecule has 9 nitrogen and oxygen atoms in total. The zero-order valence-corrected chi connectivity index (χ0v) is 22.5. The summed E-state index contributed by atoms with van der Waals surface area (Å²) in [6.07, 6.45) is -0.854. The third-order valence-electron chi connectivity index (χ3n) is 6.82. The molecule has 2 fully saturated rings. The van der Waals surface area contributed by atoms with E-state index < -0.39 is 34.6 Å². The number of hydrogen-bond donors (Lipinski definition) is 2. The van der Waals surface area contributed by atoms with Gasteiger partial charge in [-0.15, -0.1) is 0 Å². The molecule has 0 aromatic carbocycles. The molecule has 0 saturated carbocycles. The Labute approximate surface area is 192 Å². The Morgan fingerprint density at radius 3 is 2.03 bits per heavy atom. The number of nitrogen functional groups attached to an aromatic ring is 1. The summed E-state index contributed by atoms with van der Waals surface area (Å²) in [7, 11) is -5.41. The summed E-state index contributed by atoms with van der Waals surface area (Å²) in [4.78, 5) is 26.4. The van der Waals surface area contributed by atoms with E-state index in [1.165, 1.54) is 10.6 Å². The fraction of sp³-hybridized carbons (Fsp3) is 0.810. The number of hydrogen-bond acceptors (Lipinski definition) is 7. The average Bonchev–Trinajstić information content (AvgIpc) is 3.01. The smallest absolute Gasteiger partial charge is 0.335 e. The molecule has 0 unspecified atom stereocenters. The van der Waals surface area contributed by atoms with E-state index in [9.17, 15) is 9.59 Å². The Morgan fingerprint density at radius 2 is 1.53 bits per heavy atom. The van der Waals surface area contributed by atoms with Crippen LogP contribution in [0.2, 0.25) is 22.2 Å². The second kappa shape index (κ2) is 9.18. The van der Waals surface area contributed by atoms with Crippen LogP contribution in [0.3, 0.4) is 0 Å². The molecule has 2 saturated heterocycles. The third kappa shape index (κ3) is 4.30. The largest absolute Gasteiger partial charge is 0.414 e. The van der Waals surface area contributed by atoms with Crippen LogP contribution in [0.15, 0.2) is 15.7 Å². The van der Waals surface area contributed by atoms with Crippen LogP contribution in [0, 0.1) is 0 Å². The molecule has 3 N–H and O–H groups in total. The van der Waals surface area contributed by atoms with Gasteiger partial charge in [-0.2, -0.15) is 0 Å². The molecule has 0 aliphatic carbocycles. The fourth-order valence-corrected chi connectivity index (χ4v) is 16.3. The molecule has 2 aliphatic heterocycles. The molecule has 182 valence electrons. The van der Waals surface area contributed by atoms with E-state index in [1.54, 1.807) is 0 Å². The number of aromatic nitrogens is 2. The number of nitrogens with zero attached hydrogens (tertiary/aromatic N) is 1. The fourth-order valence-electron chi connectivity index (χ4n) is 5.11. The number of aromatic amines is 1. The molecule has 0 bridgehead atoms. The van der Waals surface area contributed by atoms with Gasteiger partial charge < -0.3 is 23.4 Å². The van der Waals surface area contributed by atoms with Gasteiger partial charge >= 0.3 is 22.8 Å². The summed E-state index contributed by atoms with van der Waals surface area (Å²) in [5, 5.41) is 0. The minimum Gasteiger partial charge on any atom is -0.414 e.